The van der Waals surface area contributed by atoms with Crippen LogP contribution >= 0.6 is 0 Å². The lowest BCUT2D eigenvalue weighted by Gasteiger charge is -2.23. The number of aryl methyl sites for hydroxylation is 1. The van der Waals surface area contributed by atoms with E-state index < -0.39 is 16.3 Å². The summed E-state index contributed by atoms with van der Waals surface area (Å²) in [6.07, 6.45) is -0.0360. The van der Waals surface area contributed by atoms with Gasteiger partial charge < -0.3 is 9.84 Å². The smallest absolute Gasteiger partial charge is 0.308 e. The van der Waals surface area contributed by atoms with Gasteiger partial charge in [-0.15, -0.1) is 0 Å². The molecule has 1 aliphatic carbocycles. The number of rotatable bonds is 4. The number of hydrogen-bond acceptors (Lipinski definition) is 5. The molecule has 4 atom stereocenters. The summed E-state index contributed by atoms with van der Waals surface area (Å²) >= 11 is 0. The normalized spacial score (nSPS) is 30.3. The molecule has 24 heavy (non-hydrogen) atoms. The Morgan fingerprint density at radius 2 is 1.96 bits per heavy atom. The number of esters is 1. The van der Waals surface area contributed by atoms with Crippen LogP contribution in [0.3, 0.4) is 0 Å². The Morgan fingerprint density at radius 3 is 2.54 bits per heavy atom. The van der Waals surface area contributed by atoms with E-state index in [0.29, 0.717) is 19.4 Å². The number of carbonyl (C=O) groups is 1. The Labute approximate surface area is 142 Å². The zero-order chi connectivity index (χ0) is 17.5. The number of aliphatic hydroxyl groups excluding tert-OH is 1. The molecule has 1 aromatic rings. The highest BCUT2D eigenvalue weighted by molar-refractivity contribution is 7.89. The molecule has 132 valence electrons. The maximum absolute atomic E-state index is 12.8. The number of benzene rings is 1. The van der Waals surface area contributed by atoms with Crippen LogP contribution in [0.15, 0.2) is 29.2 Å². The van der Waals surface area contributed by atoms with Crippen LogP contribution in [0.1, 0.15) is 25.3 Å². The number of fused-ring (bicyclic) bond motifs is 1. The minimum absolute atomic E-state index is 0.00497. The summed E-state index contributed by atoms with van der Waals surface area (Å²) in [6, 6.07) is 6.61. The van der Waals surface area contributed by atoms with E-state index in [1.807, 2.05) is 6.92 Å². The molecule has 1 saturated carbocycles. The van der Waals surface area contributed by atoms with Crippen LogP contribution in [0.5, 0.6) is 0 Å². The number of carbonyl (C=O) groups excluding carboxylic acids is 1. The Kier molecular flexibility index (Phi) is 4.68. The number of hydrogen-bond donors (Lipinski definition) is 1. The van der Waals surface area contributed by atoms with Gasteiger partial charge in [-0.2, -0.15) is 4.31 Å². The second-order valence-corrected chi connectivity index (χ2v) is 8.54. The van der Waals surface area contributed by atoms with Crippen LogP contribution in [-0.2, 0) is 19.6 Å². The van der Waals surface area contributed by atoms with Gasteiger partial charge in [-0.05, 0) is 44.7 Å². The van der Waals surface area contributed by atoms with Crippen LogP contribution in [0.4, 0.5) is 0 Å². The molecule has 1 heterocycles. The van der Waals surface area contributed by atoms with Gasteiger partial charge in [-0.3, -0.25) is 4.79 Å². The third kappa shape index (κ3) is 2.96. The van der Waals surface area contributed by atoms with Crippen LogP contribution in [0.25, 0.3) is 0 Å². The van der Waals surface area contributed by atoms with E-state index in [1.54, 1.807) is 31.2 Å². The van der Waals surface area contributed by atoms with Crippen molar-refractivity contribution in [1.82, 2.24) is 4.31 Å². The number of sulfonamides is 1. The first kappa shape index (κ1) is 17.4. The molecular formula is C17H23NO5S. The third-order valence-corrected chi connectivity index (χ3v) is 6.94. The predicted octanol–water partition coefficient (Wildman–Crippen LogP) is 1.52. The fourth-order valence-corrected chi connectivity index (χ4v) is 5.40. The van der Waals surface area contributed by atoms with Crippen LogP contribution in [0, 0.1) is 24.7 Å². The topological polar surface area (TPSA) is 83.9 Å². The molecule has 1 N–H and O–H groups in total. The standard InChI is InChI=1S/C17H23NO5S/c1-3-23-17(20)12-8-13-10-18(16(19)15(13)9-12)24(21,22)14-6-4-11(2)5-7-14/h4-7,12-13,15-16,19H,3,8-10H2,1-2H3/t12-,13?,15?,16-/m1/s1. The van der Waals surface area contributed by atoms with Crippen molar-refractivity contribution in [2.24, 2.45) is 17.8 Å². The molecule has 2 unspecified atom stereocenters. The average Bonchev–Trinajstić information content (AvgIpc) is 3.08. The van der Waals surface area contributed by atoms with E-state index in [0.717, 1.165) is 5.56 Å². The summed E-state index contributed by atoms with van der Waals surface area (Å²) in [5, 5.41) is 10.5. The Balaban J connectivity index is 1.75. The lowest BCUT2D eigenvalue weighted by Crippen LogP contribution is -2.38. The molecule has 0 aromatic heterocycles. The molecule has 3 rings (SSSR count). The molecular weight excluding hydrogens is 330 g/mol. The highest BCUT2D eigenvalue weighted by atomic mass is 32.2. The van der Waals surface area contributed by atoms with E-state index in [1.165, 1.54) is 4.31 Å². The van der Waals surface area contributed by atoms with E-state index in [-0.39, 0.29) is 35.2 Å². The fraction of sp³-hybridized carbons (Fsp3) is 0.588. The van der Waals surface area contributed by atoms with Crippen LogP contribution < -0.4 is 0 Å². The number of nitrogens with zero attached hydrogens (tertiary/aromatic N) is 1. The van der Waals surface area contributed by atoms with Gasteiger partial charge in [0.05, 0.1) is 17.4 Å². The molecule has 6 nitrogen and oxygen atoms in total. The fourth-order valence-electron chi connectivity index (χ4n) is 3.82. The third-order valence-electron chi connectivity index (χ3n) is 5.09. The molecule has 0 radical (unpaired) electrons. The van der Waals surface area contributed by atoms with E-state index in [9.17, 15) is 18.3 Å². The highest BCUT2D eigenvalue weighted by Gasteiger charge is 2.52. The first-order valence-corrected chi connectivity index (χ1v) is 9.71. The van der Waals surface area contributed by atoms with Gasteiger partial charge in [0.2, 0.25) is 10.0 Å². The first-order chi connectivity index (χ1) is 11.3. The van der Waals surface area contributed by atoms with E-state index >= 15 is 0 Å². The van der Waals surface area contributed by atoms with Crippen molar-refractivity contribution in [2.75, 3.05) is 13.2 Å². The molecule has 2 fully saturated rings. The summed E-state index contributed by atoms with van der Waals surface area (Å²) in [5.74, 6) is -0.694. The van der Waals surface area contributed by atoms with Gasteiger partial charge in [0.25, 0.3) is 0 Å². The van der Waals surface area contributed by atoms with Crippen molar-refractivity contribution in [3.8, 4) is 0 Å². The molecule has 1 aliphatic heterocycles. The Morgan fingerprint density at radius 1 is 1.29 bits per heavy atom. The lowest BCUT2D eigenvalue weighted by atomic mass is 10.00. The summed E-state index contributed by atoms with van der Waals surface area (Å²) in [6.45, 7) is 4.23. The zero-order valence-electron chi connectivity index (χ0n) is 13.9. The van der Waals surface area contributed by atoms with Crippen molar-refractivity contribution in [3.63, 3.8) is 0 Å². The maximum atomic E-state index is 12.8. The van der Waals surface area contributed by atoms with Crippen LogP contribution in [-0.4, -0.2) is 43.2 Å². The van der Waals surface area contributed by atoms with Crippen molar-refractivity contribution in [1.29, 1.82) is 0 Å². The summed E-state index contributed by atoms with van der Waals surface area (Å²) in [4.78, 5) is 12.1. The molecule has 1 saturated heterocycles. The van der Waals surface area contributed by atoms with Crippen molar-refractivity contribution in [3.05, 3.63) is 29.8 Å². The Bertz CT molecular complexity index is 715. The molecule has 0 amide bonds. The Hall–Kier alpha value is -1.44. The van der Waals surface area contributed by atoms with Gasteiger partial charge in [0, 0.05) is 12.5 Å². The quantitative estimate of drug-likeness (QED) is 0.830. The minimum Gasteiger partial charge on any atom is -0.466 e. The van der Waals surface area contributed by atoms with Gasteiger partial charge >= 0.3 is 5.97 Å². The van der Waals surface area contributed by atoms with Gasteiger partial charge in [0.1, 0.15) is 6.23 Å². The molecule has 7 heteroatoms. The largest absolute Gasteiger partial charge is 0.466 e. The monoisotopic (exact) mass is 353 g/mol. The highest BCUT2D eigenvalue weighted by Crippen LogP contribution is 2.46. The van der Waals surface area contributed by atoms with Crippen molar-refractivity contribution < 1.29 is 23.1 Å². The van der Waals surface area contributed by atoms with Crippen LogP contribution in [0.2, 0.25) is 0 Å². The SMILES string of the molecule is CCOC(=O)[C@@H]1CC2CN(S(=O)(=O)c3ccc(C)cc3)[C@H](O)C2C1. The van der Waals surface area contributed by atoms with Gasteiger partial charge in [-0.1, -0.05) is 17.7 Å². The molecule has 2 aliphatic rings. The summed E-state index contributed by atoms with van der Waals surface area (Å²) < 4.78 is 31.8. The molecule has 1 aromatic carbocycles. The maximum Gasteiger partial charge on any atom is 0.308 e. The average molecular weight is 353 g/mol. The van der Waals surface area contributed by atoms with E-state index in [2.05, 4.69) is 0 Å². The minimum atomic E-state index is -3.73. The predicted molar refractivity (Wildman–Crippen MR) is 87.4 cm³/mol. The van der Waals surface area contributed by atoms with Crippen molar-refractivity contribution >= 4 is 16.0 Å². The molecule has 0 bridgehead atoms. The number of ether oxygens (including phenoxy) is 1. The van der Waals surface area contributed by atoms with Gasteiger partial charge in [0.15, 0.2) is 0 Å². The number of aliphatic hydroxyl groups is 1. The summed E-state index contributed by atoms with van der Waals surface area (Å²) in [7, 11) is -3.73. The first-order valence-electron chi connectivity index (χ1n) is 8.27. The second-order valence-electron chi connectivity index (χ2n) is 6.65. The lowest BCUT2D eigenvalue weighted by molar-refractivity contribution is -0.148. The van der Waals surface area contributed by atoms with Gasteiger partial charge in [-0.25, -0.2) is 8.42 Å². The zero-order valence-corrected chi connectivity index (χ0v) is 14.7. The molecule has 0 spiro atoms. The summed E-state index contributed by atoms with van der Waals surface area (Å²) in [5.41, 5.74) is 0.977. The van der Waals surface area contributed by atoms with E-state index in [4.69, 9.17) is 4.74 Å². The van der Waals surface area contributed by atoms with Crippen molar-refractivity contribution in [2.45, 2.75) is 37.8 Å². The second kappa shape index (κ2) is 6.46.